The lowest BCUT2D eigenvalue weighted by Gasteiger charge is -2.13. The van der Waals surface area contributed by atoms with E-state index in [0.29, 0.717) is 17.5 Å². The van der Waals surface area contributed by atoms with Crippen LogP contribution < -0.4 is 0 Å². The largest absolute Gasteiger partial charge is 0.251 e. The fourth-order valence-electron chi connectivity index (χ4n) is 6.75. The normalized spacial score (nSPS) is 11.2. The van der Waals surface area contributed by atoms with Gasteiger partial charge in [0.1, 0.15) is 0 Å². The number of hydrogen-bond donors (Lipinski definition) is 0. The second kappa shape index (κ2) is 13.5. The molecule has 0 spiro atoms. The lowest BCUT2D eigenvalue weighted by molar-refractivity contribution is 1.06. The van der Waals surface area contributed by atoms with Gasteiger partial charge in [-0.05, 0) is 52.9 Å². The number of rotatable bonds is 7. The van der Waals surface area contributed by atoms with E-state index < -0.39 is 0 Å². The van der Waals surface area contributed by atoms with E-state index >= 15 is 0 Å². The minimum Gasteiger partial charge on any atom is -0.251 e. The van der Waals surface area contributed by atoms with Crippen molar-refractivity contribution in [2.45, 2.75) is 13.3 Å². The van der Waals surface area contributed by atoms with Gasteiger partial charge in [0.05, 0.1) is 16.7 Å². The van der Waals surface area contributed by atoms with Crippen LogP contribution in [0.5, 0.6) is 0 Å². The molecule has 3 aromatic heterocycles. The molecule has 246 valence electrons. The number of nitrogens with zero attached hydrogens (tertiary/aromatic N) is 5. The third kappa shape index (κ3) is 5.99. The molecule has 5 heteroatoms. The Morgan fingerprint density at radius 1 is 0.365 bits per heavy atom. The summed E-state index contributed by atoms with van der Waals surface area (Å²) in [6, 6.07) is 58.5. The monoisotopic (exact) mass is 667 g/mol. The summed E-state index contributed by atoms with van der Waals surface area (Å²) < 4.78 is 0. The van der Waals surface area contributed by atoms with Crippen molar-refractivity contribution in [1.82, 2.24) is 24.9 Å². The van der Waals surface area contributed by atoms with Gasteiger partial charge < -0.3 is 0 Å². The van der Waals surface area contributed by atoms with E-state index in [0.717, 1.165) is 84.1 Å². The van der Waals surface area contributed by atoms with Crippen molar-refractivity contribution in [2.75, 3.05) is 0 Å². The van der Waals surface area contributed by atoms with Crippen molar-refractivity contribution in [3.63, 3.8) is 0 Å². The Hall–Kier alpha value is -6.85. The summed E-state index contributed by atoms with van der Waals surface area (Å²) >= 11 is 0. The minimum atomic E-state index is 0.625. The number of benzene rings is 6. The highest BCUT2D eigenvalue weighted by atomic mass is 15.0. The van der Waals surface area contributed by atoms with E-state index in [4.69, 9.17) is 24.9 Å². The predicted molar refractivity (Wildman–Crippen MR) is 212 cm³/mol. The van der Waals surface area contributed by atoms with Crippen LogP contribution in [0.2, 0.25) is 0 Å². The van der Waals surface area contributed by atoms with Crippen LogP contribution in [0.4, 0.5) is 0 Å². The molecule has 3 heterocycles. The first kappa shape index (κ1) is 31.2. The van der Waals surface area contributed by atoms with Gasteiger partial charge in [-0.2, -0.15) is 0 Å². The molecule has 0 aliphatic rings. The molecule has 0 aliphatic heterocycles. The Morgan fingerprint density at radius 3 is 1.48 bits per heavy atom. The van der Waals surface area contributed by atoms with E-state index in [2.05, 4.69) is 116 Å². The van der Waals surface area contributed by atoms with Gasteiger partial charge in [0.2, 0.25) is 0 Å². The molecule has 9 rings (SSSR count). The topological polar surface area (TPSA) is 64.5 Å². The first-order chi connectivity index (χ1) is 25.7. The quantitative estimate of drug-likeness (QED) is 0.158. The summed E-state index contributed by atoms with van der Waals surface area (Å²) in [5, 5.41) is 2.18. The third-order valence-corrected chi connectivity index (χ3v) is 9.46. The number of aromatic nitrogens is 5. The van der Waals surface area contributed by atoms with Gasteiger partial charge in [0, 0.05) is 38.7 Å². The van der Waals surface area contributed by atoms with Crippen LogP contribution >= 0.6 is 0 Å². The molecule has 0 atom stereocenters. The van der Waals surface area contributed by atoms with Crippen molar-refractivity contribution in [3.8, 4) is 67.7 Å². The molecule has 0 radical (unpaired) electrons. The second-order valence-electron chi connectivity index (χ2n) is 12.8. The SMILES string of the molecule is CCc1ccc2ccc3c(-c4ccccc4)cc(-c4cccc(-c5cccc(-c6nc(-c7ccccc7)nc(-c7ccccc7)n6)c5)c4)nc3c2n1. The summed E-state index contributed by atoms with van der Waals surface area (Å²) in [5.41, 5.74) is 12.1. The summed E-state index contributed by atoms with van der Waals surface area (Å²) in [5.74, 6) is 1.91. The zero-order chi connectivity index (χ0) is 34.9. The molecule has 0 fully saturated rings. The van der Waals surface area contributed by atoms with Gasteiger partial charge in [-0.1, -0.05) is 153 Å². The van der Waals surface area contributed by atoms with E-state index in [1.165, 1.54) is 0 Å². The molecule has 0 saturated carbocycles. The maximum Gasteiger partial charge on any atom is 0.164 e. The fourth-order valence-corrected chi connectivity index (χ4v) is 6.75. The van der Waals surface area contributed by atoms with Crippen LogP contribution in [-0.4, -0.2) is 24.9 Å². The Kier molecular flexibility index (Phi) is 8.06. The van der Waals surface area contributed by atoms with E-state index in [1.807, 2.05) is 60.7 Å². The Morgan fingerprint density at radius 2 is 0.865 bits per heavy atom. The first-order valence-electron chi connectivity index (χ1n) is 17.6. The zero-order valence-electron chi connectivity index (χ0n) is 28.6. The van der Waals surface area contributed by atoms with E-state index in [-0.39, 0.29) is 0 Å². The van der Waals surface area contributed by atoms with Crippen molar-refractivity contribution >= 4 is 21.8 Å². The van der Waals surface area contributed by atoms with Gasteiger partial charge in [0.15, 0.2) is 17.5 Å². The van der Waals surface area contributed by atoms with Gasteiger partial charge in [-0.25, -0.2) is 19.9 Å². The predicted octanol–water partition coefficient (Wildman–Crippen LogP) is 11.5. The summed E-state index contributed by atoms with van der Waals surface area (Å²) in [6.07, 6.45) is 0.865. The van der Waals surface area contributed by atoms with Crippen molar-refractivity contribution in [3.05, 3.63) is 176 Å². The van der Waals surface area contributed by atoms with Crippen molar-refractivity contribution < 1.29 is 0 Å². The highest BCUT2D eigenvalue weighted by Crippen LogP contribution is 2.36. The number of hydrogen-bond acceptors (Lipinski definition) is 5. The van der Waals surface area contributed by atoms with E-state index in [1.54, 1.807) is 0 Å². The number of pyridine rings is 2. The summed E-state index contributed by atoms with van der Waals surface area (Å²) in [7, 11) is 0. The zero-order valence-corrected chi connectivity index (χ0v) is 28.6. The molecular weight excluding hydrogens is 635 g/mol. The van der Waals surface area contributed by atoms with Crippen LogP contribution in [0.1, 0.15) is 12.6 Å². The fraction of sp³-hybridized carbons (Fsp3) is 0.0426. The number of fused-ring (bicyclic) bond motifs is 3. The molecule has 0 unspecified atom stereocenters. The van der Waals surface area contributed by atoms with Crippen LogP contribution in [0.25, 0.3) is 89.5 Å². The molecule has 52 heavy (non-hydrogen) atoms. The van der Waals surface area contributed by atoms with Crippen LogP contribution in [0, 0.1) is 0 Å². The highest BCUT2D eigenvalue weighted by molar-refractivity contribution is 6.09. The van der Waals surface area contributed by atoms with Gasteiger partial charge in [0.25, 0.3) is 0 Å². The standard InChI is InChI=1S/C47H33N5/c1-2-39-26-24-32-25-27-40-41(31-14-6-3-7-15-31)30-42(49-44(40)43(32)48-39)37-22-12-20-35(28-37)36-21-13-23-38(29-36)47-51-45(33-16-8-4-9-17-33)50-46(52-47)34-18-10-5-11-19-34/h3-30H,2H2,1H3. The van der Waals surface area contributed by atoms with Crippen LogP contribution in [-0.2, 0) is 6.42 Å². The van der Waals surface area contributed by atoms with Crippen molar-refractivity contribution in [1.29, 1.82) is 0 Å². The first-order valence-corrected chi connectivity index (χ1v) is 17.6. The molecule has 5 nitrogen and oxygen atoms in total. The van der Waals surface area contributed by atoms with E-state index in [9.17, 15) is 0 Å². The lowest BCUT2D eigenvalue weighted by atomic mass is 9.95. The summed E-state index contributed by atoms with van der Waals surface area (Å²) in [4.78, 5) is 25.2. The average molecular weight is 668 g/mol. The third-order valence-electron chi connectivity index (χ3n) is 9.46. The van der Waals surface area contributed by atoms with Crippen LogP contribution in [0.3, 0.4) is 0 Å². The van der Waals surface area contributed by atoms with Gasteiger partial charge in [-0.15, -0.1) is 0 Å². The van der Waals surface area contributed by atoms with Crippen LogP contribution in [0.15, 0.2) is 170 Å². The molecule has 0 aliphatic carbocycles. The number of aryl methyl sites for hydroxylation is 1. The maximum atomic E-state index is 5.32. The Labute approximate surface area is 302 Å². The second-order valence-corrected chi connectivity index (χ2v) is 12.8. The van der Waals surface area contributed by atoms with Gasteiger partial charge in [-0.3, -0.25) is 4.98 Å². The molecule has 0 saturated heterocycles. The average Bonchev–Trinajstić information content (AvgIpc) is 3.24. The lowest BCUT2D eigenvalue weighted by Crippen LogP contribution is -2.00. The molecule has 0 bridgehead atoms. The molecule has 6 aromatic carbocycles. The highest BCUT2D eigenvalue weighted by Gasteiger charge is 2.16. The molecule has 0 N–H and O–H groups in total. The minimum absolute atomic E-state index is 0.625. The summed E-state index contributed by atoms with van der Waals surface area (Å²) in [6.45, 7) is 2.14. The smallest absolute Gasteiger partial charge is 0.164 e. The molecule has 0 amide bonds. The van der Waals surface area contributed by atoms with Crippen molar-refractivity contribution in [2.24, 2.45) is 0 Å². The van der Waals surface area contributed by atoms with Gasteiger partial charge >= 0.3 is 0 Å². The Balaban J connectivity index is 1.17. The maximum absolute atomic E-state index is 5.32. The molecule has 9 aromatic rings. The molecular formula is C47H33N5. The Bertz CT molecular complexity index is 2650.